The van der Waals surface area contributed by atoms with Gasteiger partial charge < -0.3 is 10.1 Å². The number of methoxy groups -OCH3 is 1. The van der Waals surface area contributed by atoms with Crippen molar-refractivity contribution in [2.45, 2.75) is 19.4 Å². The molecule has 1 N–H and O–H groups in total. The average Bonchev–Trinajstić information content (AvgIpc) is 2.81. The molecule has 0 saturated heterocycles. The Morgan fingerprint density at radius 3 is 2.61 bits per heavy atom. The van der Waals surface area contributed by atoms with E-state index in [0.717, 1.165) is 12.2 Å². The number of nitrogens with one attached hydrogen (secondary N) is 1. The van der Waals surface area contributed by atoms with E-state index in [4.69, 9.17) is 4.74 Å². The second-order valence-corrected chi connectivity index (χ2v) is 4.83. The van der Waals surface area contributed by atoms with Gasteiger partial charge in [0.05, 0.1) is 13.2 Å². The highest BCUT2D eigenvalue weighted by molar-refractivity contribution is 5.59. The third kappa shape index (κ3) is 1.94. The molecule has 2 heteroatoms. The lowest BCUT2D eigenvalue weighted by atomic mass is 10.0. The zero-order valence-corrected chi connectivity index (χ0v) is 10.7. The van der Waals surface area contributed by atoms with Gasteiger partial charge in [-0.3, -0.25) is 0 Å². The molecular formula is C16H17NO. The van der Waals surface area contributed by atoms with Crippen molar-refractivity contribution < 1.29 is 4.74 Å². The number of anilines is 1. The summed E-state index contributed by atoms with van der Waals surface area (Å²) in [5, 5.41) is 3.57. The van der Waals surface area contributed by atoms with Crippen LogP contribution in [0.4, 0.5) is 5.69 Å². The van der Waals surface area contributed by atoms with Gasteiger partial charge >= 0.3 is 0 Å². The molecule has 3 rings (SSSR count). The van der Waals surface area contributed by atoms with Gasteiger partial charge in [0, 0.05) is 5.69 Å². The first-order valence-electron chi connectivity index (χ1n) is 6.26. The summed E-state index contributed by atoms with van der Waals surface area (Å²) in [6.07, 6.45) is 1.06. The van der Waals surface area contributed by atoms with Gasteiger partial charge in [-0.05, 0) is 42.7 Å². The molecule has 0 spiro atoms. The standard InChI is InChI=1S/C16H17NO/c1-11-3-8-15-13(9-11)10-16(17-15)12-4-6-14(18-2)7-5-12/h3-9,16-17H,10H2,1-2H3. The topological polar surface area (TPSA) is 21.3 Å². The van der Waals surface area contributed by atoms with E-state index < -0.39 is 0 Å². The van der Waals surface area contributed by atoms with E-state index in [9.17, 15) is 0 Å². The van der Waals surface area contributed by atoms with Crippen molar-refractivity contribution in [1.29, 1.82) is 0 Å². The molecule has 1 atom stereocenters. The number of fused-ring (bicyclic) bond motifs is 1. The Kier molecular flexibility index (Phi) is 2.71. The minimum Gasteiger partial charge on any atom is -0.497 e. The summed E-state index contributed by atoms with van der Waals surface area (Å²) in [7, 11) is 1.70. The van der Waals surface area contributed by atoms with E-state index >= 15 is 0 Å². The van der Waals surface area contributed by atoms with Gasteiger partial charge in [-0.1, -0.05) is 29.8 Å². The lowest BCUT2D eigenvalue weighted by Gasteiger charge is -2.12. The van der Waals surface area contributed by atoms with Crippen LogP contribution in [0.25, 0.3) is 0 Å². The molecule has 0 aromatic heterocycles. The Hall–Kier alpha value is -1.96. The fourth-order valence-corrected chi connectivity index (χ4v) is 2.53. The number of aryl methyl sites for hydroxylation is 1. The highest BCUT2D eigenvalue weighted by Crippen LogP contribution is 2.34. The molecule has 1 heterocycles. The Bertz CT molecular complexity index is 560. The summed E-state index contributed by atoms with van der Waals surface area (Å²) in [5.41, 5.74) is 5.31. The van der Waals surface area contributed by atoms with Gasteiger partial charge in [-0.15, -0.1) is 0 Å². The predicted molar refractivity (Wildman–Crippen MR) is 74.2 cm³/mol. The van der Waals surface area contributed by atoms with Gasteiger partial charge in [0.1, 0.15) is 5.75 Å². The molecule has 1 unspecified atom stereocenters. The number of benzene rings is 2. The van der Waals surface area contributed by atoms with Crippen molar-refractivity contribution >= 4 is 5.69 Å². The van der Waals surface area contributed by atoms with Crippen LogP contribution in [-0.2, 0) is 6.42 Å². The minimum absolute atomic E-state index is 0.382. The summed E-state index contributed by atoms with van der Waals surface area (Å²) in [4.78, 5) is 0. The van der Waals surface area contributed by atoms with Crippen LogP contribution in [0.3, 0.4) is 0 Å². The average molecular weight is 239 g/mol. The molecule has 0 fully saturated rings. The van der Waals surface area contributed by atoms with Crippen LogP contribution in [0.1, 0.15) is 22.7 Å². The van der Waals surface area contributed by atoms with E-state index in [-0.39, 0.29) is 0 Å². The molecule has 0 amide bonds. The lowest BCUT2D eigenvalue weighted by Crippen LogP contribution is -2.05. The zero-order valence-electron chi connectivity index (χ0n) is 10.7. The van der Waals surface area contributed by atoms with E-state index in [1.54, 1.807) is 7.11 Å². The maximum Gasteiger partial charge on any atom is 0.118 e. The first-order chi connectivity index (χ1) is 8.76. The van der Waals surface area contributed by atoms with Crippen LogP contribution in [0.15, 0.2) is 42.5 Å². The van der Waals surface area contributed by atoms with Crippen LogP contribution < -0.4 is 10.1 Å². The minimum atomic E-state index is 0.382. The van der Waals surface area contributed by atoms with Crippen LogP contribution in [0.5, 0.6) is 5.75 Å². The summed E-state index contributed by atoms with van der Waals surface area (Å²) in [6, 6.07) is 15.3. The fourth-order valence-electron chi connectivity index (χ4n) is 2.53. The second kappa shape index (κ2) is 4.37. The molecule has 0 radical (unpaired) electrons. The molecule has 0 aliphatic carbocycles. The predicted octanol–water partition coefficient (Wildman–Crippen LogP) is 3.71. The fraction of sp³-hybridized carbons (Fsp3) is 0.250. The van der Waals surface area contributed by atoms with Crippen molar-refractivity contribution in [1.82, 2.24) is 0 Å². The van der Waals surface area contributed by atoms with E-state index in [0.29, 0.717) is 6.04 Å². The SMILES string of the molecule is COc1ccc(C2Cc3cc(C)ccc3N2)cc1. The highest BCUT2D eigenvalue weighted by atomic mass is 16.5. The summed E-state index contributed by atoms with van der Waals surface area (Å²) < 4.78 is 5.19. The largest absolute Gasteiger partial charge is 0.497 e. The summed E-state index contributed by atoms with van der Waals surface area (Å²) >= 11 is 0. The molecule has 18 heavy (non-hydrogen) atoms. The van der Waals surface area contributed by atoms with Crippen molar-refractivity contribution in [3.63, 3.8) is 0 Å². The Labute approximate surface area is 108 Å². The monoisotopic (exact) mass is 239 g/mol. The van der Waals surface area contributed by atoms with Crippen LogP contribution in [0.2, 0.25) is 0 Å². The van der Waals surface area contributed by atoms with Gasteiger partial charge in [0.2, 0.25) is 0 Å². The van der Waals surface area contributed by atoms with Crippen LogP contribution in [0, 0.1) is 6.92 Å². The number of hydrogen-bond acceptors (Lipinski definition) is 2. The van der Waals surface area contributed by atoms with Gasteiger partial charge in [0.25, 0.3) is 0 Å². The second-order valence-electron chi connectivity index (χ2n) is 4.83. The molecular weight excluding hydrogens is 222 g/mol. The maximum absolute atomic E-state index is 5.19. The Balaban J connectivity index is 1.84. The number of hydrogen-bond donors (Lipinski definition) is 1. The number of ether oxygens (including phenoxy) is 1. The Morgan fingerprint density at radius 2 is 1.89 bits per heavy atom. The van der Waals surface area contributed by atoms with Gasteiger partial charge in [0.15, 0.2) is 0 Å². The number of rotatable bonds is 2. The first kappa shape index (κ1) is 11.1. The molecule has 92 valence electrons. The van der Waals surface area contributed by atoms with Gasteiger partial charge in [-0.25, -0.2) is 0 Å². The van der Waals surface area contributed by atoms with Gasteiger partial charge in [-0.2, -0.15) is 0 Å². The van der Waals surface area contributed by atoms with E-state index in [1.807, 2.05) is 12.1 Å². The first-order valence-corrected chi connectivity index (χ1v) is 6.26. The third-order valence-corrected chi connectivity index (χ3v) is 3.53. The quantitative estimate of drug-likeness (QED) is 0.862. The van der Waals surface area contributed by atoms with Crippen LogP contribution in [-0.4, -0.2) is 7.11 Å². The Morgan fingerprint density at radius 1 is 1.11 bits per heavy atom. The van der Waals surface area contributed by atoms with Crippen molar-refractivity contribution in [3.05, 3.63) is 59.2 Å². The molecule has 0 saturated carbocycles. The smallest absolute Gasteiger partial charge is 0.118 e. The molecule has 0 bridgehead atoms. The van der Waals surface area contributed by atoms with E-state index in [2.05, 4.69) is 42.6 Å². The molecule has 2 aromatic rings. The highest BCUT2D eigenvalue weighted by Gasteiger charge is 2.21. The van der Waals surface area contributed by atoms with Crippen molar-refractivity contribution in [2.24, 2.45) is 0 Å². The molecule has 1 aliphatic rings. The summed E-state index contributed by atoms with van der Waals surface area (Å²) in [6.45, 7) is 2.14. The van der Waals surface area contributed by atoms with Crippen molar-refractivity contribution in [3.8, 4) is 5.75 Å². The molecule has 2 aromatic carbocycles. The van der Waals surface area contributed by atoms with E-state index in [1.165, 1.54) is 22.4 Å². The summed E-state index contributed by atoms with van der Waals surface area (Å²) in [5.74, 6) is 0.908. The zero-order chi connectivity index (χ0) is 12.5. The lowest BCUT2D eigenvalue weighted by molar-refractivity contribution is 0.414. The maximum atomic E-state index is 5.19. The third-order valence-electron chi connectivity index (χ3n) is 3.53. The van der Waals surface area contributed by atoms with Crippen LogP contribution >= 0.6 is 0 Å². The molecule has 1 aliphatic heterocycles. The molecule has 2 nitrogen and oxygen atoms in total. The normalized spacial score (nSPS) is 17.1. The van der Waals surface area contributed by atoms with Crippen molar-refractivity contribution in [2.75, 3.05) is 12.4 Å².